The van der Waals surface area contributed by atoms with Crippen LogP contribution in [-0.4, -0.2) is 18.0 Å². The zero-order valence-electron chi connectivity index (χ0n) is 6.05. The van der Waals surface area contributed by atoms with Gasteiger partial charge in [-0.2, -0.15) is 0 Å². The van der Waals surface area contributed by atoms with Crippen molar-refractivity contribution in [1.29, 1.82) is 0 Å². The Labute approximate surface area is 70.3 Å². The highest BCUT2D eigenvalue weighted by Gasteiger charge is 2.35. The Hall–Kier alpha value is 0.440. The first kappa shape index (κ1) is 7.11. The summed E-state index contributed by atoms with van der Waals surface area (Å²) in [6, 6.07) is 0. The van der Waals surface area contributed by atoms with Gasteiger partial charge in [-0.1, -0.05) is 15.9 Å². The van der Waals surface area contributed by atoms with Gasteiger partial charge < -0.3 is 4.74 Å². The van der Waals surface area contributed by atoms with Gasteiger partial charge in [-0.15, -0.1) is 0 Å². The first-order chi connectivity index (χ1) is 4.90. The second kappa shape index (κ2) is 2.82. The third-order valence-corrected chi connectivity index (χ3v) is 3.44. The Morgan fingerprint density at radius 2 is 2.30 bits per heavy atom. The van der Waals surface area contributed by atoms with Crippen LogP contribution in [0.15, 0.2) is 0 Å². The van der Waals surface area contributed by atoms with Crippen LogP contribution in [0.5, 0.6) is 0 Å². The molecule has 58 valence electrons. The van der Waals surface area contributed by atoms with Crippen LogP contribution in [0.3, 0.4) is 0 Å². The lowest BCUT2D eigenvalue weighted by Crippen LogP contribution is -2.29. The molecular formula is C8H13BrO. The van der Waals surface area contributed by atoms with E-state index in [-0.39, 0.29) is 0 Å². The molecule has 1 aliphatic heterocycles. The summed E-state index contributed by atoms with van der Waals surface area (Å²) in [6.07, 6.45) is 4.77. The number of halogens is 1. The van der Waals surface area contributed by atoms with E-state index in [4.69, 9.17) is 4.74 Å². The molecule has 1 nitrogen and oxygen atoms in total. The van der Waals surface area contributed by atoms with Crippen molar-refractivity contribution >= 4 is 15.9 Å². The molecule has 0 spiro atoms. The zero-order chi connectivity index (χ0) is 6.97. The van der Waals surface area contributed by atoms with Crippen molar-refractivity contribution in [2.45, 2.75) is 25.4 Å². The summed E-state index contributed by atoms with van der Waals surface area (Å²) in [5.41, 5.74) is 0. The van der Waals surface area contributed by atoms with Crippen molar-refractivity contribution in [1.82, 2.24) is 0 Å². The van der Waals surface area contributed by atoms with Crippen LogP contribution in [0.4, 0.5) is 0 Å². The van der Waals surface area contributed by atoms with Gasteiger partial charge in [-0.25, -0.2) is 0 Å². The van der Waals surface area contributed by atoms with Gasteiger partial charge in [0.15, 0.2) is 0 Å². The van der Waals surface area contributed by atoms with Crippen molar-refractivity contribution in [3.8, 4) is 0 Å². The SMILES string of the molecule is BrCC1OCC2CCC1C2. The third-order valence-electron chi connectivity index (χ3n) is 2.81. The van der Waals surface area contributed by atoms with Gasteiger partial charge in [0.05, 0.1) is 6.10 Å². The van der Waals surface area contributed by atoms with Crippen molar-refractivity contribution in [3.63, 3.8) is 0 Å². The predicted molar refractivity (Wildman–Crippen MR) is 44.4 cm³/mol. The van der Waals surface area contributed by atoms with Crippen LogP contribution in [0, 0.1) is 11.8 Å². The highest BCUT2D eigenvalue weighted by atomic mass is 79.9. The average molecular weight is 205 g/mol. The van der Waals surface area contributed by atoms with E-state index in [9.17, 15) is 0 Å². The van der Waals surface area contributed by atoms with Crippen molar-refractivity contribution in [3.05, 3.63) is 0 Å². The minimum atomic E-state index is 0.527. The molecule has 2 rings (SSSR count). The second-order valence-electron chi connectivity index (χ2n) is 3.47. The summed E-state index contributed by atoms with van der Waals surface area (Å²) >= 11 is 3.49. The number of hydrogen-bond acceptors (Lipinski definition) is 1. The summed E-state index contributed by atoms with van der Waals surface area (Å²) in [5.74, 6) is 1.78. The largest absolute Gasteiger partial charge is 0.377 e. The van der Waals surface area contributed by atoms with E-state index in [1.54, 1.807) is 0 Å². The Morgan fingerprint density at radius 3 is 3.10 bits per heavy atom. The quantitative estimate of drug-likeness (QED) is 0.596. The van der Waals surface area contributed by atoms with E-state index in [1.807, 2.05) is 0 Å². The Kier molecular flexibility index (Phi) is 2.01. The topological polar surface area (TPSA) is 9.23 Å². The maximum atomic E-state index is 5.67. The molecule has 2 aliphatic rings. The smallest absolute Gasteiger partial charge is 0.0700 e. The maximum absolute atomic E-state index is 5.67. The summed E-state index contributed by atoms with van der Waals surface area (Å²) < 4.78 is 5.67. The van der Waals surface area contributed by atoms with Crippen LogP contribution in [0.1, 0.15) is 19.3 Å². The van der Waals surface area contributed by atoms with Crippen molar-refractivity contribution < 1.29 is 4.74 Å². The predicted octanol–water partition coefficient (Wildman–Crippen LogP) is 2.20. The number of ether oxygens (including phenoxy) is 1. The fourth-order valence-corrected chi connectivity index (χ4v) is 2.88. The van der Waals surface area contributed by atoms with Crippen LogP contribution in [0.25, 0.3) is 0 Å². The first-order valence-corrected chi connectivity index (χ1v) is 5.20. The van der Waals surface area contributed by atoms with Crippen LogP contribution in [-0.2, 0) is 4.74 Å². The van der Waals surface area contributed by atoms with Crippen molar-refractivity contribution in [2.24, 2.45) is 11.8 Å². The Morgan fingerprint density at radius 1 is 1.40 bits per heavy atom. The Balaban J connectivity index is 2.00. The van der Waals surface area contributed by atoms with E-state index in [1.165, 1.54) is 19.3 Å². The maximum Gasteiger partial charge on any atom is 0.0700 e. The highest BCUT2D eigenvalue weighted by molar-refractivity contribution is 9.09. The minimum absolute atomic E-state index is 0.527. The molecule has 1 saturated carbocycles. The normalized spacial score (nSPS) is 45.9. The number of fused-ring (bicyclic) bond motifs is 2. The van der Waals surface area contributed by atoms with Gasteiger partial charge in [-0.05, 0) is 31.1 Å². The molecule has 1 aliphatic carbocycles. The molecule has 0 aromatic carbocycles. The summed E-state index contributed by atoms with van der Waals surface area (Å²) in [5, 5.41) is 1.03. The molecule has 2 fully saturated rings. The van der Waals surface area contributed by atoms with E-state index in [0.29, 0.717) is 6.10 Å². The molecule has 0 aromatic heterocycles. The summed E-state index contributed by atoms with van der Waals surface area (Å²) in [6.45, 7) is 1.02. The molecule has 1 heterocycles. The zero-order valence-corrected chi connectivity index (χ0v) is 7.64. The fraction of sp³-hybridized carbons (Fsp3) is 1.00. The van der Waals surface area contributed by atoms with Crippen LogP contribution >= 0.6 is 15.9 Å². The molecule has 3 atom stereocenters. The minimum Gasteiger partial charge on any atom is -0.377 e. The Bertz CT molecular complexity index is 126. The summed E-state index contributed by atoms with van der Waals surface area (Å²) in [7, 11) is 0. The molecule has 1 saturated heterocycles. The fourth-order valence-electron chi connectivity index (χ4n) is 2.17. The number of alkyl halides is 1. The van der Waals surface area contributed by atoms with Crippen molar-refractivity contribution in [2.75, 3.05) is 11.9 Å². The summed E-state index contributed by atoms with van der Waals surface area (Å²) in [4.78, 5) is 0. The molecule has 0 N–H and O–H groups in total. The van der Waals surface area contributed by atoms with Gasteiger partial charge in [0.2, 0.25) is 0 Å². The molecule has 0 aromatic rings. The number of hydrogen-bond donors (Lipinski definition) is 0. The second-order valence-corrected chi connectivity index (χ2v) is 4.11. The number of rotatable bonds is 1. The monoisotopic (exact) mass is 204 g/mol. The first-order valence-electron chi connectivity index (χ1n) is 4.07. The molecule has 3 unspecified atom stereocenters. The standard InChI is InChI=1S/C8H13BrO/c9-4-8-7-2-1-6(3-7)5-10-8/h6-8H,1-5H2. The average Bonchev–Trinajstić information content (AvgIpc) is 2.34. The van der Waals surface area contributed by atoms with Crippen LogP contribution < -0.4 is 0 Å². The third kappa shape index (κ3) is 1.12. The van der Waals surface area contributed by atoms with Gasteiger partial charge in [0.25, 0.3) is 0 Å². The highest BCUT2D eigenvalue weighted by Crippen LogP contribution is 2.39. The molecule has 2 bridgehead atoms. The van der Waals surface area contributed by atoms with Gasteiger partial charge in [0.1, 0.15) is 0 Å². The van der Waals surface area contributed by atoms with E-state index >= 15 is 0 Å². The molecular weight excluding hydrogens is 192 g/mol. The van der Waals surface area contributed by atoms with E-state index < -0.39 is 0 Å². The lowest BCUT2D eigenvalue weighted by Gasteiger charge is -2.27. The van der Waals surface area contributed by atoms with Crippen LogP contribution in [0.2, 0.25) is 0 Å². The molecule has 0 radical (unpaired) electrons. The lowest BCUT2D eigenvalue weighted by atomic mass is 9.98. The van der Waals surface area contributed by atoms with Gasteiger partial charge in [-0.3, -0.25) is 0 Å². The molecule has 10 heavy (non-hydrogen) atoms. The van der Waals surface area contributed by atoms with Gasteiger partial charge in [0, 0.05) is 11.9 Å². The van der Waals surface area contributed by atoms with E-state index in [2.05, 4.69) is 15.9 Å². The lowest BCUT2D eigenvalue weighted by molar-refractivity contribution is -0.0139. The van der Waals surface area contributed by atoms with Gasteiger partial charge >= 0.3 is 0 Å². The van der Waals surface area contributed by atoms with E-state index in [0.717, 1.165) is 23.8 Å². The molecule has 2 heteroatoms. The molecule has 0 amide bonds.